The van der Waals surface area contributed by atoms with Gasteiger partial charge in [0, 0.05) is 45.0 Å². The van der Waals surface area contributed by atoms with E-state index in [1.54, 1.807) is 0 Å². The normalized spacial score (nSPS) is 12.9. The van der Waals surface area contributed by atoms with Crippen LogP contribution < -0.4 is 4.74 Å². The first-order valence-electron chi connectivity index (χ1n) is 20.3. The molecule has 2 aromatic heterocycles. The Morgan fingerprint density at radius 1 is 0.350 bits per heavy atom. The molecule has 3 heterocycles. The van der Waals surface area contributed by atoms with Crippen molar-refractivity contribution in [2.75, 3.05) is 0 Å². The van der Waals surface area contributed by atoms with Gasteiger partial charge in [-0.05, 0) is 81.4 Å². The van der Waals surface area contributed by atoms with Gasteiger partial charge in [0.05, 0.1) is 22.3 Å². The van der Waals surface area contributed by atoms with Crippen molar-refractivity contribution in [2.24, 2.45) is 0 Å². The van der Waals surface area contributed by atoms with E-state index in [9.17, 15) is 0 Å². The Balaban J connectivity index is 1.06. The summed E-state index contributed by atoms with van der Waals surface area (Å²) in [5.41, 5.74) is 16.9. The molecule has 60 heavy (non-hydrogen) atoms. The lowest BCUT2D eigenvalue weighted by Gasteiger charge is -2.39. The highest BCUT2D eigenvalue weighted by molar-refractivity contribution is 5.97. The molecule has 0 saturated carbocycles. The molecule has 12 rings (SSSR count). The zero-order chi connectivity index (χ0) is 39.6. The van der Waals surface area contributed by atoms with Crippen LogP contribution in [-0.4, -0.2) is 15.0 Å². The average molecular weight is 766 g/mol. The SMILES string of the molecule is c1ccc(-c2cc(-c3cccc(-c4ccc5c(c4)-c4cc(-c6cccc7cccnc67)ccc4C54c5ccccc5Oc5ccccc54)c3)nc(-c3ccccc3)n2)cc1. The zero-order valence-corrected chi connectivity index (χ0v) is 32.5. The van der Waals surface area contributed by atoms with Crippen molar-refractivity contribution in [1.82, 2.24) is 15.0 Å². The summed E-state index contributed by atoms with van der Waals surface area (Å²) in [5.74, 6) is 2.46. The van der Waals surface area contributed by atoms with Gasteiger partial charge in [0.2, 0.25) is 0 Å². The van der Waals surface area contributed by atoms with Gasteiger partial charge in [-0.1, -0.05) is 164 Å². The fraction of sp³-hybridized carbons (Fsp3) is 0.0179. The topological polar surface area (TPSA) is 47.9 Å². The highest BCUT2D eigenvalue weighted by Gasteiger charge is 2.51. The molecule has 8 aromatic carbocycles. The second kappa shape index (κ2) is 13.6. The molecule has 0 unspecified atom stereocenters. The predicted molar refractivity (Wildman–Crippen MR) is 242 cm³/mol. The summed E-state index contributed by atoms with van der Waals surface area (Å²) in [5, 5.41) is 1.12. The predicted octanol–water partition coefficient (Wildman–Crippen LogP) is 13.8. The first kappa shape index (κ1) is 34.1. The van der Waals surface area contributed by atoms with Gasteiger partial charge in [0.25, 0.3) is 0 Å². The molecule has 1 aliphatic heterocycles. The van der Waals surface area contributed by atoms with Gasteiger partial charge < -0.3 is 4.74 Å². The standard InChI is InChI=1S/C56H35N3O/c1-3-14-36(15-4-1)50-35-51(59-55(58-50)38-16-5-2-6-17-38)42-20-11-19-39(32-42)40-27-29-46-44(33-40)45-34-41(43-22-12-18-37-21-13-31-57-54(37)43)28-30-47(45)56(46)48-23-7-9-25-52(48)60-53-26-10-8-24-49(53)56/h1-35H. The van der Waals surface area contributed by atoms with Gasteiger partial charge >= 0.3 is 0 Å². The number of aromatic nitrogens is 3. The van der Waals surface area contributed by atoms with Crippen molar-refractivity contribution in [3.05, 3.63) is 235 Å². The second-order valence-electron chi connectivity index (χ2n) is 15.5. The summed E-state index contributed by atoms with van der Waals surface area (Å²) >= 11 is 0. The Kier molecular flexibility index (Phi) is 7.72. The van der Waals surface area contributed by atoms with Crippen LogP contribution in [0.2, 0.25) is 0 Å². The first-order chi connectivity index (χ1) is 29.7. The van der Waals surface area contributed by atoms with Crippen LogP contribution in [0.3, 0.4) is 0 Å². The van der Waals surface area contributed by atoms with Crippen molar-refractivity contribution in [3.8, 4) is 78.8 Å². The highest BCUT2D eigenvalue weighted by atomic mass is 16.5. The molecule has 10 aromatic rings. The van der Waals surface area contributed by atoms with E-state index in [-0.39, 0.29) is 0 Å². The van der Waals surface area contributed by atoms with Crippen molar-refractivity contribution in [3.63, 3.8) is 0 Å². The third-order valence-electron chi connectivity index (χ3n) is 12.2. The summed E-state index contributed by atoms with van der Waals surface area (Å²) < 4.78 is 6.64. The fourth-order valence-electron chi connectivity index (χ4n) is 9.52. The monoisotopic (exact) mass is 765 g/mol. The summed E-state index contributed by atoms with van der Waals surface area (Å²) in [6.07, 6.45) is 1.88. The summed E-state index contributed by atoms with van der Waals surface area (Å²) in [6.45, 7) is 0. The van der Waals surface area contributed by atoms with Crippen molar-refractivity contribution >= 4 is 10.9 Å². The summed E-state index contributed by atoms with van der Waals surface area (Å²) in [6, 6.07) is 73.0. The molecular weight excluding hydrogens is 731 g/mol. The van der Waals surface area contributed by atoms with Gasteiger partial charge in [0.1, 0.15) is 11.5 Å². The molecule has 2 aliphatic rings. The zero-order valence-electron chi connectivity index (χ0n) is 32.5. The average Bonchev–Trinajstić information content (AvgIpc) is 3.61. The van der Waals surface area contributed by atoms with Gasteiger partial charge in [-0.3, -0.25) is 4.98 Å². The van der Waals surface area contributed by atoms with Crippen LogP contribution in [0.1, 0.15) is 22.3 Å². The van der Waals surface area contributed by atoms with Crippen molar-refractivity contribution in [1.29, 1.82) is 0 Å². The second-order valence-corrected chi connectivity index (χ2v) is 15.5. The van der Waals surface area contributed by atoms with Gasteiger partial charge in [-0.25, -0.2) is 9.97 Å². The quantitative estimate of drug-likeness (QED) is 0.175. The number of rotatable bonds is 5. The summed E-state index contributed by atoms with van der Waals surface area (Å²) in [4.78, 5) is 15.0. The minimum atomic E-state index is -0.575. The third kappa shape index (κ3) is 5.28. The number of hydrogen-bond donors (Lipinski definition) is 0. The smallest absolute Gasteiger partial charge is 0.160 e. The molecule has 0 N–H and O–H groups in total. The molecule has 0 radical (unpaired) electrons. The van der Waals surface area contributed by atoms with E-state index in [0.717, 1.165) is 83.9 Å². The fourth-order valence-corrected chi connectivity index (χ4v) is 9.52. The molecule has 0 atom stereocenters. The Bertz CT molecular complexity index is 3190. The van der Waals surface area contributed by atoms with E-state index < -0.39 is 5.41 Å². The molecule has 0 bridgehead atoms. The Morgan fingerprint density at radius 2 is 0.900 bits per heavy atom. The van der Waals surface area contributed by atoms with E-state index >= 15 is 0 Å². The maximum Gasteiger partial charge on any atom is 0.160 e. The molecule has 280 valence electrons. The van der Waals surface area contributed by atoms with Gasteiger partial charge in [0.15, 0.2) is 5.82 Å². The van der Waals surface area contributed by atoms with Crippen LogP contribution in [0, 0.1) is 0 Å². The van der Waals surface area contributed by atoms with E-state index in [1.807, 2.05) is 36.5 Å². The molecule has 0 fully saturated rings. The minimum absolute atomic E-state index is 0.575. The number of nitrogens with zero attached hydrogens (tertiary/aromatic N) is 3. The largest absolute Gasteiger partial charge is 0.457 e. The van der Waals surface area contributed by atoms with Gasteiger partial charge in [-0.2, -0.15) is 0 Å². The molecule has 4 heteroatoms. The summed E-state index contributed by atoms with van der Waals surface area (Å²) in [7, 11) is 0. The van der Waals surface area contributed by atoms with E-state index in [1.165, 1.54) is 22.3 Å². The third-order valence-corrected chi connectivity index (χ3v) is 12.2. The van der Waals surface area contributed by atoms with Crippen LogP contribution in [0.4, 0.5) is 0 Å². The number of benzene rings is 8. The lowest BCUT2D eigenvalue weighted by Crippen LogP contribution is -2.32. The number of pyridine rings is 1. The molecule has 0 saturated heterocycles. The number of hydrogen-bond acceptors (Lipinski definition) is 4. The van der Waals surface area contributed by atoms with E-state index in [0.29, 0.717) is 5.82 Å². The van der Waals surface area contributed by atoms with Crippen LogP contribution in [0.15, 0.2) is 212 Å². The van der Waals surface area contributed by atoms with Gasteiger partial charge in [-0.15, -0.1) is 0 Å². The molecule has 1 spiro atoms. The maximum absolute atomic E-state index is 6.64. The van der Waals surface area contributed by atoms with E-state index in [2.05, 4.69) is 176 Å². The van der Waals surface area contributed by atoms with Crippen LogP contribution in [-0.2, 0) is 5.41 Å². The Labute approximate surface area is 348 Å². The number of fused-ring (bicyclic) bond motifs is 10. The lowest BCUT2D eigenvalue weighted by molar-refractivity contribution is 0.436. The van der Waals surface area contributed by atoms with Crippen molar-refractivity contribution in [2.45, 2.75) is 5.41 Å². The lowest BCUT2D eigenvalue weighted by atomic mass is 9.66. The van der Waals surface area contributed by atoms with Crippen molar-refractivity contribution < 1.29 is 4.74 Å². The van der Waals surface area contributed by atoms with Crippen LogP contribution in [0.25, 0.3) is 78.2 Å². The molecule has 4 nitrogen and oxygen atoms in total. The van der Waals surface area contributed by atoms with Crippen LogP contribution >= 0.6 is 0 Å². The Hall–Kier alpha value is -7.95. The Morgan fingerprint density at radius 3 is 1.63 bits per heavy atom. The van der Waals surface area contributed by atoms with E-state index in [4.69, 9.17) is 19.7 Å². The molecule has 1 aliphatic carbocycles. The number of para-hydroxylation sites is 3. The van der Waals surface area contributed by atoms with Crippen LogP contribution in [0.5, 0.6) is 11.5 Å². The first-order valence-corrected chi connectivity index (χ1v) is 20.3. The minimum Gasteiger partial charge on any atom is -0.457 e. The highest BCUT2D eigenvalue weighted by Crippen LogP contribution is 2.62. The number of ether oxygens (including phenoxy) is 1. The molecule has 0 amide bonds. The molecular formula is C56H35N3O. The maximum atomic E-state index is 6.64.